The first-order valence-electron chi connectivity index (χ1n) is 6.41. The highest BCUT2D eigenvalue weighted by Gasteiger charge is 2.34. The van der Waals surface area contributed by atoms with Gasteiger partial charge in [-0.2, -0.15) is 24.9 Å². The maximum atomic E-state index is 13.1. The summed E-state index contributed by atoms with van der Waals surface area (Å²) in [6, 6.07) is 4.23. The fourth-order valence-corrected chi connectivity index (χ4v) is 2.69. The maximum absolute atomic E-state index is 13.1. The molecular formula is C14H19F3N2S2. The van der Waals surface area contributed by atoms with Crippen molar-refractivity contribution >= 4 is 34.7 Å². The summed E-state index contributed by atoms with van der Waals surface area (Å²) < 4.78 is 39.4. The molecule has 2 N–H and O–H groups in total. The molecule has 0 radical (unpaired) electrons. The van der Waals surface area contributed by atoms with Gasteiger partial charge >= 0.3 is 6.18 Å². The van der Waals surface area contributed by atoms with E-state index in [0.29, 0.717) is 5.69 Å². The predicted octanol–water partition coefficient (Wildman–Crippen LogP) is 3.92. The Balaban J connectivity index is 3.13. The summed E-state index contributed by atoms with van der Waals surface area (Å²) in [6.45, 7) is 1.99. The van der Waals surface area contributed by atoms with Crippen molar-refractivity contribution in [2.24, 2.45) is 5.73 Å². The highest BCUT2D eigenvalue weighted by molar-refractivity contribution is 7.98. The van der Waals surface area contributed by atoms with E-state index in [1.807, 2.05) is 18.1 Å². The van der Waals surface area contributed by atoms with Gasteiger partial charge in [-0.3, -0.25) is 0 Å². The molecule has 0 aliphatic carbocycles. The summed E-state index contributed by atoms with van der Waals surface area (Å²) >= 11 is 6.41. The minimum Gasteiger partial charge on any atom is -0.389 e. The Morgan fingerprint density at radius 1 is 1.43 bits per heavy atom. The smallest absolute Gasteiger partial charge is 0.389 e. The number of thioether (sulfide) groups is 1. The number of hydrogen-bond donors (Lipinski definition) is 1. The van der Waals surface area contributed by atoms with Crippen LogP contribution in [0.5, 0.6) is 0 Å². The van der Waals surface area contributed by atoms with Crippen LogP contribution in [0.25, 0.3) is 0 Å². The third kappa shape index (κ3) is 4.78. The molecule has 0 aromatic heterocycles. The number of hydrogen-bond acceptors (Lipinski definition) is 3. The number of rotatable bonds is 6. The van der Waals surface area contributed by atoms with Crippen LogP contribution in [0.2, 0.25) is 0 Å². The molecule has 0 saturated carbocycles. The van der Waals surface area contributed by atoms with E-state index in [1.54, 1.807) is 24.9 Å². The first-order chi connectivity index (χ1) is 9.68. The number of benzene rings is 1. The minimum atomic E-state index is -4.47. The molecule has 118 valence electrons. The lowest BCUT2D eigenvalue weighted by Crippen LogP contribution is -2.30. The van der Waals surface area contributed by atoms with E-state index in [1.165, 1.54) is 6.07 Å². The van der Waals surface area contributed by atoms with Gasteiger partial charge in [0.1, 0.15) is 4.99 Å². The van der Waals surface area contributed by atoms with Gasteiger partial charge in [-0.1, -0.05) is 12.2 Å². The van der Waals surface area contributed by atoms with Gasteiger partial charge in [0.2, 0.25) is 0 Å². The summed E-state index contributed by atoms with van der Waals surface area (Å²) in [5.41, 5.74) is 4.97. The molecule has 0 saturated heterocycles. The lowest BCUT2D eigenvalue weighted by molar-refractivity contribution is -0.137. The Labute approximate surface area is 132 Å². The lowest BCUT2D eigenvalue weighted by Gasteiger charge is -2.28. The van der Waals surface area contributed by atoms with Crippen LogP contribution < -0.4 is 10.6 Å². The normalized spacial score (nSPS) is 13.0. The van der Waals surface area contributed by atoms with Crippen molar-refractivity contribution in [2.45, 2.75) is 25.6 Å². The number of anilines is 1. The van der Waals surface area contributed by atoms with Gasteiger partial charge in [-0.05, 0) is 43.6 Å². The maximum Gasteiger partial charge on any atom is 0.417 e. The van der Waals surface area contributed by atoms with Crippen LogP contribution in [0.1, 0.15) is 24.5 Å². The number of nitrogens with zero attached hydrogens (tertiary/aromatic N) is 1. The standard InChI is InChI=1S/C14H19F3N2S2/c1-9(6-7-21-3)19(2)10-4-5-11(13(18)20)12(8-10)14(15,16)17/h4-5,8-9H,6-7H2,1-3H3,(H2,18,20). The third-order valence-electron chi connectivity index (χ3n) is 3.38. The molecule has 7 heteroatoms. The Bertz CT molecular complexity index is 503. The van der Waals surface area contributed by atoms with E-state index >= 15 is 0 Å². The zero-order valence-electron chi connectivity index (χ0n) is 12.2. The van der Waals surface area contributed by atoms with Crippen molar-refractivity contribution < 1.29 is 13.2 Å². The van der Waals surface area contributed by atoms with Crippen LogP contribution >= 0.6 is 24.0 Å². The van der Waals surface area contributed by atoms with Gasteiger partial charge in [0.05, 0.1) is 5.56 Å². The largest absolute Gasteiger partial charge is 0.417 e. The molecule has 1 atom stereocenters. The Hall–Kier alpha value is -0.950. The second-order valence-corrected chi connectivity index (χ2v) is 6.26. The van der Waals surface area contributed by atoms with Gasteiger partial charge in [-0.15, -0.1) is 0 Å². The average molecular weight is 336 g/mol. The number of nitrogens with two attached hydrogens (primary N) is 1. The Kier molecular flexibility index (Phi) is 6.34. The quantitative estimate of drug-likeness (QED) is 0.798. The van der Waals surface area contributed by atoms with Gasteiger partial charge in [0.25, 0.3) is 0 Å². The van der Waals surface area contributed by atoms with E-state index in [-0.39, 0.29) is 16.6 Å². The zero-order valence-corrected chi connectivity index (χ0v) is 13.8. The van der Waals surface area contributed by atoms with Crippen molar-refractivity contribution in [3.63, 3.8) is 0 Å². The molecule has 0 spiro atoms. The van der Waals surface area contributed by atoms with Gasteiger partial charge < -0.3 is 10.6 Å². The molecule has 0 heterocycles. The number of thiocarbonyl (C=S) groups is 1. The molecule has 1 rings (SSSR count). The van der Waals surface area contributed by atoms with E-state index in [9.17, 15) is 13.2 Å². The molecule has 0 aliphatic heterocycles. The molecule has 21 heavy (non-hydrogen) atoms. The fourth-order valence-electron chi connectivity index (χ4n) is 1.94. The molecule has 0 aliphatic rings. The highest BCUT2D eigenvalue weighted by Crippen LogP contribution is 2.35. The number of alkyl halides is 3. The van der Waals surface area contributed by atoms with Crippen molar-refractivity contribution in [1.82, 2.24) is 0 Å². The van der Waals surface area contributed by atoms with Crippen LogP contribution in [-0.2, 0) is 6.18 Å². The van der Waals surface area contributed by atoms with Gasteiger partial charge in [-0.25, -0.2) is 0 Å². The third-order valence-corrected chi connectivity index (χ3v) is 4.25. The van der Waals surface area contributed by atoms with Crippen LogP contribution in [-0.4, -0.2) is 30.1 Å². The first kappa shape index (κ1) is 18.1. The highest BCUT2D eigenvalue weighted by atomic mass is 32.2. The van der Waals surface area contributed by atoms with E-state index in [4.69, 9.17) is 18.0 Å². The summed E-state index contributed by atoms with van der Waals surface area (Å²) in [6.07, 6.45) is -1.57. The van der Waals surface area contributed by atoms with Crippen molar-refractivity contribution in [3.8, 4) is 0 Å². The lowest BCUT2D eigenvalue weighted by atomic mass is 10.0. The topological polar surface area (TPSA) is 29.3 Å². The van der Waals surface area contributed by atoms with Crippen LogP contribution in [0.4, 0.5) is 18.9 Å². The van der Waals surface area contributed by atoms with E-state index in [0.717, 1.165) is 18.2 Å². The first-order valence-corrected chi connectivity index (χ1v) is 8.21. The fraction of sp³-hybridized carbons (Fsp3) is 0.500. The summed E-state index contributed by atoms with van der Waals surface area (Å²) in [5, 5.41) is 0. The molecule has 1 aromatic carbocycles. The Morgan fingerprint density at radius 3 is 2.52 bits per heavy atom. The summed E-state index contributed by atoms with van der Waals surface area (Å²) in [4.78, 5) is 1.60. The van der Waals surface area contributed by atoms with E-state index in [2.05, 4.69) is 0 Å². The monoisotopic (exact) mass is 336 g/mol. The second kappa shape index (κ2) is 7.35. The zero-order chi connectivity index (χ0) is 16.2. The number of halogens is 3. The average Bonchev–Trinajstić information content (AvgIpc) is 2.42. The molecule has 0 fully saturated rings. The van der Waals surface area contributed by atoms with E-state index < -0.39 is 11.7 Å². The van der Waals surface area contributed by atoms with Crippen molar-refractivity contribution in [2.75, 3.05) is 24.0 Å². The summed E-state index contributed by atoms with van der Waals surface area (Å²) in [7, 11) is 1.79. The molecule has 1 unspecified atom stereocenters. The summed E-state index contributed by atoms with van der Waals surface area (Å²) in [5.74, 6) is 0.961. The van der Waals surface area contributed by atoms with Gasteiger partial charge in [0.15, 0.2) is 0 Å². The van der Waals surface area contributed by atoms with Gasteiger partial charge in [0, 0.05) is 24.3 Å². The van der Waals surface area contributed by atoms with Crippen LogP contribution in [0.15, 0.2) is 18.2 Å². The molecular weight excluding hydrogens is 317 g/mol. The van der Waals surface area contributed by atoms with Crippen LogP contribution in [0.3, 0.4) is 0 Å². The molecule has 1 aromatic rings. The van der Waals surface area contributed by atoms with Crippen LogP contribution in [0, 0.1) is 0 Å². The molecule has 0 amide bonds. The SMILES string of the molecule is CSCCC(C)N(C)c1ccc(C(N)=S)c(C(F)(F)F)c1. The minimum absolute atomic E-state index is 0.133. The Morgan fingerprint density at radius 2 is 2.05 bits per heavy atom. The van der Waals surface area contributed by atoms with Crippen molar-refractivity contribution in [3.05, 3.63) is 29.3 Å². The van der Waals surface area contributed by atoms with Crippen molar-refractivity contribution in [1.29, 1.82) is 0 Å². The second-order valence-electron chi connectivity index (χ2n) is 4.83. The molecule has 2 nitrogen and oxygen atoms in total. The molecule has 0 bridgehead atoms. The predicted molar refractivity (Wildman–Crippen MR) is 88.2 cm³/mol.